The molecule has 162 valence electrons. The summed E-state index contributed by atoms with van der Waals surface area (Å²) in [5.74, 6) is -0.614. The fourth-order valence-electron chi connectivity index (χ4n) is 3.53. The van der Waals surface area contributed by atoms with Gasteiger partial charge in [0.2, 0.25) is 15.9 Å². The van der Waals surface area contributed by atoms with Crippen molar-refractivity contribution in [2.24, 2.45) is 5.92 Å². The molecule has 10 heteroatoms. The van der Waals surface area contributed by atoms with E-state index in [1.165, 1.54) is 22.6 Å². The first-order valence-corrected chi connectivity index (χ1v) is 13.0. The third-order valence-corrected chi connectivity index (χ3v) is 8.68. The minimum Gasteiger partial charge on any atom is -0.354 e. The Morgan fingerprint density at radius 1 is 1.10 bits per heavy atom. The van der Waals surface area contributed by atoms with Gasteiger partial charge in [-0.1, -0.05) is 24.3 Å². The quantitative estimate of drug-likeness (QED) is 0.680. The first-order chi connectivity index (χ1) is 14.2. The molecule has 1 unspecified atom stereocenters. The van der Waals surface area contributed by atoms with Crippen molar-refractivity contribution in [1.82, 2.24) is 14.6 Å². The first kappa shape index (κ1) is 22.4. The molecule has 2 aromatic rings. The molecule has 1 N–H and O–H groups in total. The third-order valence-electron chi connectivity index (χ3n) is 5.26. The molecule has 0 aliphatic carbocycles. The molecular formula is C20H25N3O5S2. The molecular weight excluding hydrogens is 426 g/mol. The highest BCUT2D eigenvalue weighted by Crippen LogP contribution is 2.28. The maximum Gasteiger partial charge on any atom is 0.223 e. The van der Waals surface area contributed by atoms with Gasteiger partial charge < -0.3 is 5.32 Å². The fourth-order valence-corrected chi connectivity index (χ4v) is 6.07. The second-order valence-corrected chi connectivity index (χ2v) is 11.4. The topological polar surface area (TPSA) is 114 Å². The Balaban J connectivity index is 1.73. The molecule has 1 aromatic heterocycles. The van der Waals surface area contributed by atoms with Crippen molar-refractivity contribution in [3.8, 4) is 0 Å². The number of sulfone groups is 1. The number of hydrogen-bond acceptors (Lipinski definition) is 6. The summed E-state index contributed by atoms with van der Waals surface area (Å²) in [6.45, 7) is 0.477. The minimum absolute atomic E-state index is 0.0892. The van der Waals surface area contributed by atoms with E-state index in [0.717, 1.165) is 6.26 Å². The van der Waals surface area contributed by atoms with Crippen LogP contribution in [0.4, 0.5) is 0 Å². The van der Waals surface area contributed by atoms with Gasteiger partial charge in [-0.25, -0.2) is 21.1 Å². The second-order valence-electron chi connectivity index (χ2n) is 7.31. The number of benzene rings is 1. The van der Waals surface area contributed by atoms with E-state index in [4.69, 9.17) is 0 Å². The Labute approximate surface area is 177 Å². The van der Waals surface area contributed by atoms with Crippen LogP contribution >= 0.6 is 0 Å². The van der Waals surface area contributed by atoms with Crippen LogP contribution < -0.4 is 5.32 Å². The average Bonchev–Trinajstić information content (AvgIpc) is 2.74. The molecule has 0 bridgehead atoms. The van der Waals surface area contributed by atoms with Crippen LogP contribution in [0.15, 0.2) is 59.8 Å². The zero-order chi connectivity index (χ0) is 21.8. The molecule has 1 aliphatic heterocycles. The van der Waals surface area contributed by atoms with E-state index in [1.54, 1.807) is 36.5 Å². The molecule has 1 saturated heterocycles. The van der Waals surface area contributed by atoms with E-state index in [9.17, 15) is 21.6 Å². The Morgan fingerprint density at radius 3 is 2.33 bits per heavy atom. The Morgan fingerprint density at radius 2 is 1.77 bits per heavy atom. The molecule has 1 aromatic carbocycles. The number of pyridine rings is 1. The molecule has 0 spiro atoms. The molecule has 1 fully saturated rings. The van der Waals surface area contributed by atoms with Gasteiger partial charge in [0.25, 0.3) is 0 Å². The van der Waals surface area contributed by atoms with Crippen LogP contribution in [0.2, 0.25) is 0 Å². The van der Waals surface area contributed by atoms with Gasteiger partial charge in [-0.3, -0.25) is 9.78 Å². The number of nitrogens with zero attached hydrogens (tertiary/aromatic N) is 2. The molecule has 0 saturated carbocycles. The number of amides is 1. The summed E-state index contributed by atoms with van der Waals surface area (Å²) in [4.78, 5) is 16.9. The first-order valence-electron chi connectivity index (χ1n) is 9.61. The maximum absolute atomic E-state index is 13.2. The van der Waals surface area contributed by atoms with Crippen LogP contribution in [0.25, 0.3) is 0 Å². The van der Waals surface area contributed by atoms with Gasteiger partial charge in [-0.2, -0.15) is 0 Å². The van der Waals surface area contributed by atoms with Crippen molar-refractivity contribution >= 4 is 25.8 Å². The van der Waals surface area contributed by atoms with Crippen molar-refractivity contribution < 1.29 is 21.6 Å². The molecule has 3 rings (SSSR count). The van der Waals surface area contributed by atoms with Crippen LogP contribution in [0.5, 0.6) is 0 Å². The lowest BCUT2D eigenvalue weighted by Gasteiger charge is -2.29. The number of nitrogens with one attached hydrogen (secondary N) is 1. The van der Waals surface area contributed by atoms with Crippen molar-refractivity contribution in [2.45, 2.75) is 23.0 Å². The van der Waals surface area contributed by atoms with E-state index >= 15 is 0 Å². The van der Waals surface area contributed by atoms with E-state index in [1.807, 2.05) is 0 Å². The summed E-state index contributed by atoms with van der Waals surface area (Å²) < 4.78 is 51.1. The summed E-state index contributed by atoms with van der Waals surface area (Å²) in [6, 6.07) is 11.4. The van der Waals surface area contributed by atoms with E-state index in [2.05, 4.69) is 10.3 Å². The van der Waals surface area contributed by atoms with Crippen molar-refractivity contribution in [3.05, 3.63) is 60.4 Å². The predicted molar refractivity (Wildman–Crippen MR) is 113 cm³/mol. The summed E-state index contributed by atoms with van der Waals surface area (Å²) in [5.41, 5.74) is 0.494. The fraction of sp³-hybridized carbons (Fsp3) is 0.400. The van der Waals surface area contributed by atoms with Gasteiger partial charge in [-0.15, -0.1) is 0 Å². The highest BCUT2D eigenvalue weighted by Gasteiger charge is 2.32. The molecule has 8 nitrogen and oxygen atoms in total. The van der Waals surface area contributed by atoms with Gasteiger partial charge in [-0.05, 0) is 36.6 Å². The zero-order valence-electron chi connectivity index (χ0n) is 16.6. The van der Waals surface area contributed by atoms with Crippen molar-refractivity contribution in [1.29, 1.82) is 0 Å². The molecule has 30 heavy (non-hydrogen) atoms. The Kier molecular flexibility index (Phi) is 6.89. The highest BCUT2D eigenvalue weighted by atomic mass is 32.2. The van der Waals surface area contributed by atoms with Crippen molar-refractivity contribution in [2.75, 3.05) is 25.9 Å². The summed E-state index contributed by atoms with van der Waals surface area (Å²) >= 11 is 0. The number of carbonyl (C=O) groups excluding carboxylic acids is 1. The molecule has 1 amide bonds. The van der Waals surface area contributed by atoms with E-state index in [-0.39, 0.29) is 36.4 Å². The minimum atomic E-state index is -3.75. The number of piperidine rings is 1. The summed E-state index contributed by atoms with van der Waals surface area (Å²) in [5, 5.41) is 1.79. The number of hydrogen-bond donors (Lipinski definition) is 1. The SMILES string of the molecule is CS(=O)(=O)N1CCC(C(=O)NCC(c2cccnc2)S(=O)(=O)c2ccccc2)CC1. The number of sulfonamides is 1. The van der Waals surface area contributed by atoms with Crippen LogP contribution in [0.1, 0.15) is 23.7 Å². The van der Waals surface area contributed by atoms with E-state index < -0.39 is 25.1 Å². The van der Waals surface area contributed by atoms with Gasteiger partial charge in [0, 0.05) is 37.9 Å². The van der Waals surface area contributed by atoms with Gasteiger partial charge in [0.05, 0.1) is 11.2 Å². The van der Waals surface area contributed by atoms with E-state index in [0.29, 0.717) is 18.4 Å². The van der Waals surface area contributed by atoms with Gasteiger partial charge in [0.1, 0.15) is 5.25 Å². The Hall–Kier alpha value is -2.30. The smallest absolute Gasteiger partial charge is 0.223 e. The third kappa shape index (κ3) is 5.24. The lowest BCUT2D eigenvalue weighted by Crippen LogP contribution is -2.43. The largest absolute Gasteiger partial charge is 0.354 e. The van der Waals surface area contributed by atoms with Gasteiger partial charge in [0.15, 0.2) is 9.84 Å². The van der Waals surface area contributed by atoms with Crippen molar-refractivity contribution in [3.63, 3.8) is 0 Å². The second kappa shape index (κ2) is 9.23. The predicted octanol–water partition coefficient (Wildman–Crippen LogP) is 1.38. The highest BCUT2D eigenvalue weighted by molar-refractivity contribution is 7.91. The maximum atomic E-state index is 13.2. The number of carbonyl (C=O) groups is 1. The van der Waals surface area contributed by atoms with Crippen LogP contribution in [-0.4, -0.2) is 57.9 Å². The molecule has 1 atom stereocenters. The summed E-state index contributed by atoms with van der Waals surface area (Å²) in [7, 11) is -7.02. The average molecular weight is 452 g/mol. The zero-order valence-corrected chi connectivity index (χ0v) is 18.3. The molecule has 2 heterocycles. The lowest BCUT2D eigenvalue weighted by molar-refractivity contribution is -0.126. The number of rotatable bonds is 7. The molecule has 0 radical (unpaired) electrons. The lowest BCUT2D eigenvalue weighted by atomic mass is 9.97. The molecule has 1 aliphatic rings. The number of aromatic nitrogens is 1. The summed E-state index contributed by atoms with van der Waals surface area (Å²) in [6.07, 6.45) is 5.01. The Bertz CT molecular complexity index is 1070. The monoisotopic (exact) mass is 451 g/mol. The standard InChI is InChI=1S/C20H25N3O5S2/c1-29(25,26)23-12-9-16(10-13-23)20(24)22-15-19(17-6-5-11-21-14-17)30(27,28)18-7-3-2-4-8-18/h2-8,11,14,16,19H,9-10,12-13,15H2,1H3,(H,22,24). The van der Waals surface area contributed by atoms with Crippen LogP contribution in [0.3, 0.4) is 0 Å². The van der Waals surface area contributed by atoms with Gasteiger partial charge >= 0.3 is 0 Å². The normalized spacial score (nSPS) is 17.4. The van der Waals surface area contributed by atoms with Crippen LogP contribution in [0, 0.1) is 5.92 Å². The van der Waals surface area contributed by atoms with Crippen LogP contribution in [-0.2, 0) is 24.7 Å².